The normalized spacial score (nSPS) is 14.7. The molecule has 1 aliphatic rings. The molecule has 0 atom stereocenters. The fourth-order valence-electron chi connectivity index (χ4n) is 3.52. The van der Waals surface area contributed by atoms with Gasteiger partial charge in [-0.15, -0.1) is 0 Å². The molecule has 158 valence electrons. The van der Waals surface area contributed by atoms with Crippen LogP contribution in [0.25, 0.3) is 5.57 Å². The van der Waals surface area contributed by atoms with Crippen LogP contribution in [0.2, 0.25) is 0 Å². The molecule has 0 fully saturated rings. The van der Waals surface area contributed by atoms with Gasteiger partial charge in [-0.1, -0.05) is 65.0 Å². The van der Waals surface area contributed by atoms with Crippen molar-refractivity contribution in [3.8, 4) is 5.75 Å². The van der Waals surface area contributed by atoms with Crippen LogP contribution < -0.4 is 10.1 Å². The van der Waals surface area contributed by atoms with Crippen molar-refractivity contribution in [2.45, 2.75) is 40.0 Å². The molecule has 0 radical (unpaired) electrons. The topological polar surface area (TPSA) is 58.6 Å². The Morgan fingerprint density at radius 2 is 1.60 bits per heavy atom. The highest BCUT2D eigenvalue weighted by molar-refractivity contribution is 6.37. The maximum Gasteiger partial charge on any atom is 0.278 e. The second-order valence-corrected chi connectivity index (χ2v) is 9.02. The minimum absolute atomic E-state index is 0.0353. The summed E-state index contributed by atoms with van der Waals surface area (Å²) in [6.07, 6.45) is 0. The van der Waals surface area contributed by atoms with Crippen LogP contribution in [0, 0.1) is 5.92 Å². The largest absolute Gasteiger partial charge is 0.496 e. The van der Waals surface area contributed by atoms with Crippen molar-refractivity contribution >= 4 is 23.1 Å². The lowest BCUT2D eigenvalue weighted by molar-refractivity contribution is -0.137. The van der Waals surface area contributed by atoms with Crippen LogP contribution in [0.5, 0.6) is 5.75 Å². The molecule has 5 heteroatoms. The van der Waals surface area contributed by atoms with Crippen molar-refractivity contribution < 1.29 is 14.3 Å². The zero-order valence-electron chi connectivity index (χ0n) is 18.6. The number of hydrogen-bond acceptors (Lipinski definition) is 4. The minimum atomic E-state index is -0.311. The molecule has 0 aliphatic carbocycles. The van der Waals surface area contributed by atoms with Gasteiger partial charge in [0.05, 0.1) is 12.7 Å². The summed E-state index contributed by atoms with van der Waals surface area (Å²) in [5.74, 6) is 0.117. The van der Waals surface area contributed by atoms with Crippen LogP contribution in [-0.2, 0) is 15.0 Å². The minimum Gasteiger partial charge on any atom is -0.496 e. The van der Waals surface area contributed by atoms with Gasteiger partial charge < -0.3 is 10.1 Å². The molecule has 1 N–H and O–H groups in total. The van der Waals surface area contributed by atoms with Crippen LogP contribution in [0.4, 0.5) is 5.69 Å². The zero-order valence-corrected chi connectivity index (χ0v) is 18.6. The first-order valence-electron chi connectivity index (χ1n) is 10.2. The number of nitrogens with zero attached hydrogens (tertiary/aromatic N) is 1. The Hall–Kier alpha value is -3.08. The monoisotopic (exact) mass is 406 g/mol. The molecule has 0 saturated heterocycles. The Morgan fingerprint density at radius 3 is 2.17 bits per heavy atom. The maximum atomic E-state index is 13.3. The Kier molecular flexibility index (Phi) is 6.01. The summed E-state index contributed by atoms with van der Waals surface area (Å²) < 4.78 is 5.47. The van der Waals surface area contributed by atoms with Gasteiger partial charge in [0.1, 0.15) is 11.4 Å². The molecule has 0 bridgehead atoms. The van der Waals surface area contributed by atoms with Gasteiger partial charge in [-0.3, -0.25) is 14.5 Å². The number of carbonyl (C=O) groups is 2. The van der Waals surface area contributed by atoms with Gasteiger partial charge in [0.15, 0.2) is 0 Å². The van der Waals surface area contributed by atoms with Gasteiger partial charge in [0, 0.05) is 17.8 Å². The van der Waals surface area contributed by atoms with Gasteiger partial charge in [0.2, 0.25) is 0 Å². The second-order valence-electron chi connectivity index (χ2n) is 9.02. The van der Waals surface area contributed by atoms with E-state index >= 15 is 0 Å². The smallest absolute Gasteiger partial charge is 0.278 e. The number of ether oxygens (including phenoxy) is 1. The number of carbonyl (C=O) groups excluding carboxylic acids is 2. The van der Waals surface area contributed by atoms with Crippen LogP contribution in [-0.4, -0.2) is 30.4 Å². The van der Waals surface area contributed by atoms with Crippen molar-refractivity contribution in [2.24, 2.45) is 5.92 Å². The summed E-state index contributed by atoms with van der Waals surface area (Å²) in [6, 6.07) is 15.2. The van der Waals surface area contributed by atoms with Crippen molar-refractivity contribution in [1.29, 1.82) is 0 Å². The predicted molar refractivity (Wildman–Crippen MR) is 120 cm³/mol. The predicted octanol–water partition coefficient (Wildman–Crippen LogP) is 4.84. The third-order valence-corrected chi connectivity index (χ3v) is 5.11. The van der Waals surface area contributed by atoms with E-state index < -0.39 is 0 Å². The average molecular weight is 407 g/mol. The fraction of sp³-hybridized carbons (Fsp3) is 0.360. The van der Waals surface area contributed by atoms with Crippen molar-refractivity contribution in [3.05, 3.63) is 65.4 Å². The molecule has 30 heavy (non-hydrogen) atoms. The molecular formula is C25H30N2O3. The van der Waals surface area contributed by atoms with E-state index in [1.54, 1.807) is 13.2 Å². The number of para-hydroxylation sites is 1. The molecule has 5 nitrogen and oxygen atoms in total. The summed E-state index contributed by atoms with van der Waals surface area (Å²) in [7, 11) is 1.56. The zero-order chi connectivity index (χ0) is 22.1. The highest BCUT2D eigenvalue weighted by atomic mass is 16.5. The Balaban J connectivity index is 2.06. The van der Waals surface area contributed by atoms with Gasteiger partial charge in [-0.05, 0) is 35.1 Å². The molecular weight excluding hydrogens is 376 g/mol. The molecule has 0 unspecified atom stereocenters. The lowest BCUT2D eigenvalue weighted by Gasteiger charge is -2.19. The van der Waals surface area contributed by atoms with E-state index in [1.807, 2.05) is 56.3 Å². The Labute approximate surface area is 178 Å². The van der Waals surface area contributed by atoms with E-state index in [9.17, 15) is 9.59 Å². The number of imide groups is 1. The van der Waals surface area contributed by atoms with E-state index in [1.165, 1.54) is 10.5 Å². The van der Waals surface area contributed by atoms with E-state index in [4.69, 9.17) is 4.74 Å². The van der Waals surface area contributed by atoms with Gasteiger partial charge in [0.25, 0.3) is 11.8 Å². The van der Waals surface area contributed by atoms with E-state index in [-0.39, 0.29) is 28.8 Å². The molecule has 1 aliphatic heterocycles. The van der Waals surface area contributed by atoms with Crippen molar-refractivity contribution in [2.75, 3.05) is 19.0 Å². The van der Waals surface area contributed by atoms with Crippen molar-refractivity contribution in [1.82, 2.24) is 4.90 Å². The molecule has 0 aromatic heterocycles. The van der Waals surface area contributed by atoms with Gasteiger partial charge >= 0.3 is 0 Å². The molecule has 1 heterocycles. The van der Waals surface area contributed by atoms with E-state index in [0.29, 0.717) is 23.4 Å². The molecule has 0 spiro atoms. The first-order chi connectivity index (χ1) is 14.1. The van der Waals surface area contributed by atoms with Crippen LogP contribution in [0.3, 0.4) is 0 Å². The number of nitrogens with one attached hydrogen (secondary N) is 1. The number of rotatable bonds is 6. The molecule has 2 amide bonds. The van der Waals surface area contributed by atoms with Gasteiger partial charge in [-0.25, -0.2) is 0 Å². The highest BCUT2D eigenvalue weighted by Gasteiger charge is 2.40. The summed E-state index contributed by atoms with van der Waals surface area (Å²) >= 11 is 0. The maximum absolute atomic E-state index is 13.3. The summed E-state index contributed by atoms with van der Waals surface area (Å²) in [5, 5.41) is 3.21. The standard InChI is InChI=1S/C25H30N2O3/c1-16(2)15-27-23(28)21(19-9-7-8-10-20(19)30-6)22(24(27)29)26-18-13-11-17(12-14-18)25(3,4)5/h7-14,16,26H,15H2,1-6H3. The first-order valence-corrected chi connectivity index (χ1v) is 10.2. The third kappa shape index (κ3) is 4.25. The number of hydrogen-bond donors (Lipinski definition) is 1. The Morgan fingerprint density at radius 1 is 0.967 bits per heavy atom. The number of amides is 2. The Bertz CT molecular complexity index is 982. The molecule has 2 aromatic rings. The second kappa shape index (κ2) is 8.34. The van der Waals surface area contributed by atoms with E-state index in [0.717, 1.165) is 5.69 Å². The fourth-order valence-corrected chi connectivity index (χ4v) is 3.52. The lowest BCUT2D eigenvalue weighted by atomic mass is 9.87. The SMILES string of the molecule is COc1ccccc1C1=C(Nc2ccc(C(C)(C)C)cc2)C(=O)N(CC(C)C)C1=O. The van der Waals surface area contributed by atoms with Crippen LogP contribution in [0.1, 0.15) is 45.7 Å². The molecule has 2 aromatic carbocycles. The quantitative estimate of drug-likeness (QED) is 0.698. The number of anilines is 1. The third-order valence-electron chi connectivity index (χ3n) is 5.11. The van der Waals surface area contributed by atoms with Crippen molar-refractivity contribution in [3.63, 3.8) is 0 Å². The first kappa shape index (κ1) is 21.6. The van der Waals surface area contributed by atoms with Crippen LogP contribution in [0.15, 0.2) is 54.2 Å². The van der Waals surface area contributed by atoms with Crippen LogP contribution >= 0.6 is 0 Å². The highest BCUT2D eigenvalue weighted by Crippen LogP contribution is 2.35. The molecule has 3 rings (SSSR count). The van der Waals surface area contributed by atoms with Gasteiger partial charge in [-0.2, -0.15) is 0 Å². The molecule has 0 saturated carbocycles. The average Bonchev–Trinajstić information content (AvgIpc) is 2.91. The summed E-state index contributed by atoms with van der Waals surface area (Å²) in [6.45, 7) is 10.8. The lowest BCUT2D eigenvalue weighted by Crippen LogP contribution is -2.35. The van der Waals surface area contributed by atoms with E-state index in [2.05, 4.69) is 26.1 Å². The number of methoxy groups -OCH3 is 1. The summed E-state index contributed by atoms with van der Waals surface area (Å²) in [5.41, 5.74) is 3.23. The summed E-state index contributed by atoms with van der Waals surface area (Å²) in [4.78, 5) is 27.8. The number of benzene rings is 2.